The van der Waals surface area contributed by atoms with Crippen molar-refractivity contribution in [2.75, 3.05) is 85.5 Å². The molecule has 1 aliphatic carbocycles. The molecule has 510 valence electrons. The molecule has 1 aliphatic heterocycles. The van der Waals surface area contributed by atoms with E-state index in [-0.39, 0.29) is 149 Å². The molecule has 0 unspecified atom stereocenters. The van der Waals surface area contributed by atoms with E-state index in [1.807, 2.05) is 32.0 Å². The second kappa shape index (κ2) is 41.0. The number of Topliss-reactive ketones (excluding diaryl/α,β-unsaturated/α-hetero) is 3. The number of methoxy groups -OCH3 is 2. The summed E-state index contributed by atoms with van der Waals surface area (Å²) in [6.07, 6.45) is 22.2. The predicted molar refractivity (Wildman–Crippen MR) is 351 cm³/mol. The van der Waals surface area contributed by atoms with Crippen molar-refractivity contribution in [2.45, 2.75) is 187 Å². The third kappa shape index (κ3) is 26.4. The number of ether oxygens (including phenoxy) is 6. The highest BCUT2D eigenvalue weighted by Crippen LogP contribution is 2.50. The Morgan fingerprint density at radius 3 is 1.95 bits per heavy atom. The first-order valence-corrected chi connectivity index (χ1v) is 33.9. The Bertz CT molecular complexity index is 3110. The summed E-state index contributed by atoms with van der Waals surface area (Å²) in [5.74, 6) is -0.996. The van der Waals surface area contributed by atoms with Crippen molar-refractivity contribution in [3.63, 3.8) is 0 Å². The molecule has 0 radical (unpaired) electrons. The van der Waals surface area contributed by atoms with E-state index >= 15 is 0 Å². The maximum absolute atomic E-state index is 14.0. The first-order chi connectivity index (χ1) is 45.0. The molecule has 4 atom stereocenters. The lowest BCUT2D eigenvalue weighted by Gasteiger charge is -2.27. The summed E-state index contributed by atoms with van der Waals surface area (Å²) in [5.41, 5.74) is 3.88. The number of likely N-dealkylation sites (tertiary alicyclic amines) is 1. The van der Waals surface area contributed by atoms with Crippen LogP contribution in [0.5, 0.6) is 0 Å². The van der Waals surface area contributed by atoms with Crippen LogP contribution in [0.25, 0.3) is 22.0 Å². The molecule has 6 rings (SSSR count). The zero-order valence-corrected chi connectivity index (χ0v) is 56.6. The van der Waals surface area contributed by atoms with E-state index in [0.717, 1.165) is 61.6 Å². The Balaban J connectivity index is 0.739. The lowest BCUT2D eigenvalue weighted by atomic mass is 10.0. The standard InChI is InChI=1S/C68H96BrN9O15/c1-46-24-28-57(69)74-66(46)75-67(86)65-54-39-50(54)42-77(65)61(84)43-78-64-47(2)37-49(38-55(64)63(76-78)48(3)79)51-40-71-58(72-41-51)29-26-53(81)44-92-35-34-91-32-30-70-60(83)45-93-36-33-90-31-20-21-52(80)25-27-56(68(87)89-5)73-59(82)22-18-16-14-12-10-8-6-7-9-11-13-15-17-19-23-62(85)88-4/h24,28,37-38,40-41,50,54,56,65H,6-23,25-27,29-36,39,42-45H2,1-5H3,(H,70,83)(H,73,82)(H,74,75,86)/t50-,54-,56+,65+/m1/s1. The van der Waals surface area contributed by atoms with Crippen LogP contribution in [0.3, 0.4) is 0 Å². The highest BCUT2D eigenvalue weighted by Gasteiger charge is 2.57. The summed E-state index contributed by atoms with van der Waals surface area (Å²) >= 11 is 3.36. The van der Waals surface area contributed by atoms with Gasteiger partial charge in [0, 0.05) is 88.5 Å². The van der Waals surface area contributed by atoms with Gasteiger partial charge >= 0.3 is 11.9 Å². The van der Waals surface area contributed by atoms with Gasteiger partial charge in [-0.1, -0.05) is 83.1 Å². The average Bonchev–Trinajstić information content (AvgIpc) is 1.61. The molecule has 93 heavy (non-hydrogen) atoms. The van der Waals surface area contributed by atoms with Gasteiger partial charge in [0.1, 0.15) is 59.6 Å². The lowest BCUT2D eigenvalue weighted by Crippen LogP contribution is -2.47. The molecule has 2 aliphatic rings. The first-order valence-electron chi connectivity index (χ1n) is 33.1. The zero-order valence-electron chi connectivity index (χ0n) is 55.0. The summed E-state index contributed by atoms with van der Waals surface area (Å²) in [6, 6.07) is 5.90. The van der Waals surface area contributed by atoms with Gasteiger partial charge in [-0.2, -0.15) is 5.10 Å². The van der Waals surface area contributed by atoms with Gasteiger partial charge in [0.05, 0.1) is 52.8 Å². The number of pyridine rings is 1. The molecule has 3 aromatic heterocycles. The second-order valence-electron chi connectivity index (χ2n) is 24.1. The SMILES string of the molecule is COC(=O)CCCCCCCCCCCCCCCCC(=O)N[C@@H](CCC(=O)CCCOCCOCC(=O)NCCOCCOCC(=O)CCc1ncc(-c2cc(C)c3c(c2)c(C(C)=O)nn3CC(=O)N2C[C@H]3C[C@H]3[C@H]2C(=O)Nc2nc(Br)ccc2C)cn1)C(=O)OC. The first kappa shape index (κ1) is 75.1. The number of carbonyl (C=O) groups excluding carboxylic acids is 9. The Morgan fingerprint density at radius 1 is 0.656 bits per heavy atom. The number of aryl methyl sites for hydroxylation is 3. The van der Waals surface area contributed by atoms with E-state index in [2.05, 4.69) is 56.7 Å². The monoisotopic (exact) mass is 1360 g/mol. The van der Waals surface area contributed by atoms with Gasteiger partial charge < -0.3 is 49.3 Å². The van der Waals surface area contributed by atoms with Crippen molar-refractivity contribution in [3.8, 4) is 11.1 Å². The smallest absolute Gasteiger partial charge is 0.328 e. The van der Waals surface area contributed by atoms with Gasteiger partial charge in [0.25, 0.3) is 0 Å². The molecule has 4 aromatic rings. The Hall–Kier alpha value is -6.93. The molecule has 24 nitrogen and oxygen atoms in total. The number of unbranched alkanes of at least 4 members (excludes halogenated alkanes) is 13. The summed E-state index contributed by atoms with van der Waals surface area (Å²) in [4.78, 5) is 129. The Morgan fingerprint density at radius 2 is 1.29 bits per heavy atom. The number of anilines is 1. The van der Waals surface area contributed by atoms with Crippen LogP contribution < -0.4 is 16.0 Å². The number of nitrogens with one attached hydrogen (secondary N) is 3. The van der Waals surface area contributed by atoms with Gasteiger partial charge in [0.2, 0.25) is 23.6 Å². The third-order valence-corrected chi connectivity index (χ3v) is 17.2. The number of ketones is 3. The fourth-order valence-electron chi connectivity index (χ4n) is 11.5. The van der Waals surface area contributed by atoms with Crippen LogP contribution in [-0.4, -0.2) is 175 Å². The van der Waals surface area contributed by atoms with Gasteiger partial charge in [-0.05, 0) is 109 Å². The number of hydrogen-bond acceptors (Lipinski definition) is 19. The lowest BCUT2D eigenvalue weighted by molar-refractivity contribution is -0.145. The van der Waals surface area contributed by atoms with Gasteiger partial charge in [-0.25, -0.2) is 19.7 Å². The minimum absolute atomic E-state index is 0.0511. The molecule has 3 N–H and O–H groups in total. The number of halogens is 1. The number of piperidine rings is 1. The van der Waals surface area contributed by atoms with Gasteiger partial charge in [-0.3, -0.25) is 43.0 Å². The average molecular weight is 1360 g/mol. The number of carbonyl (C=O) groups is 9. The molecule has 1 aromatic carbocycles. The fourth-order valence-corrected chi connectivity index (χ4v) is 11.8. The minimum atomic E-state index is -0.880. The van der Waals surface area contributed by atoms with E-state index in [1.54, 1.807) is 28.0 Å². The van der Waals surface area contributed by atoms with Crippen molar-refractivity contribution >= 4 is 85.6 Å². The Labute approximate surface area is 554 Å². The van der Waals surface area contributed by atoms with E-state index in [9.17, 15) is 43.2 Å². The van der Waals surface area contributed by atoms with Crippen LogP contribution in [0.2, 0.25) is 0 Å². The highest BCUT2D eigenvalue weighted by atomic mass is 79.9. The third-order valence-electron chi connectivity index (χ3n) is 16.7. The number of hydrogen-bond donors (Lipinski definition) is 3. The summed E-state index contributed by atoms with van der Waals surface area (Å²) < 4.78 is 33.6. The number of esters is 2. The topological polar surface area (TPSA) is 305 Å². The predicted octanol–water partition coefficient (Wildman–Crippen LogP) is 8.84. The van der Waals surface area contributed by atoms with E-state index in [4.69, 9.17) is 23.7 Å². The molecular weight excluding hydrogens is 1260 g/mol. The zero-order chi connectivity index (χ0) is 66.9. The van der Waals surface area contributed by atoms with E-state index in [0.29, 0.717) is 71.5 Å². The normalized spacial score (nSPS) is 15.2. The van der Waals surface area contributed by atoms with Crippen LogP contribution in [0, 0.1) is 25.7 Å². The van der Waals surface area contributed by atoms with E-state index < -0.39 is 18.1 Å². The van der Waals surface area contributed by atoms with Crippen molar-refractivity contribution in [3.05, 3.63) is 63.9 Å². The number of rotatable bonds is 48. The van der Waals surface area contributed by atoms with Crippen LogP contribution in [0.15, 0.2) is 41.3 Å². The largest absolute Gasteiger partial charge is 0.469 e. The molecule has 2 fully saturated rings. The maximum atomic E-state index is 14.0. The minimum Gasteiger partial charge on any atom is -0.469 e. The van der Waals surface area contributed by atoms with Crippen LogP contribution in [-0.2, 0) is 79.7 Å². The van der Waals surface area contributed by atoms with Crippen molar-refractivity contribution < 1.29 is 71.6 Å². The molecule has 0 spiro atoms. The van der Waals surface area contributed by atoms with Crippen LogP contribution >= 0.6 is 15.9 Å². The van der Waals surface area contributed by atoms with Crippen LogP contribution in [0.1, 0.15) is 176 Å². The second-order valence-corrected chi connectivity index (χ2v) is 25.0. The van der Waals surface area contributed by atoms with Gasteiger partial charge in [-0.15, -0.1) is 0 Å². The number of nitrogens with zero attached hydrogens (tertiary/aromatic N) is 6. The summed E-state index contributed by atoms with van der Waals surface area (Å²) in [5, 5.41) is 13.6. The summed E-state index contributed by atoms with van der Waals surface area (Å²) in [6.45, 7) is 6.84. The molecule has 1 saturated carbocycles. The van der Waals surface area contributed by atoms with Crippen molar-refractivity contribution in [1.29, 1.82) is 0 Å². The van der Waals surface area contributed by atoms with Crippen molar-refractivity contribution in [1.82, 2.24) is 40.3 Å². The maximum Gasteiger partial charge on any atom is 0.328 e. The number of aromatic nitrogens is 5. The van der Waals surface area contributed by atoms with Crippen LogP contribution in [0.4, 0.5) is 5.82 Å². The number of fused-ring (bicyclic) bond motifs is 2. The molecule has 4 amide bonds. The highest BCUT2D eigenvalue weighted by molar-refractivity contribution is 9.10. The quantitative estimate of drug-likeness (QED) is 0.0161. The Kier molecular flexibility index (Phi) is 33.1. The molecule has 25 heteroatoms. The molecule has 0 bridgehead atoms. The molecule has 1 saturated heterocycles. The molecule has 4 heterocycles. The summed E-state index contributed by atoms with van der Waals surface area (Å²) in [7, 11) is 2.69. The number of amides is 4. The van der Waals surface area contributed by atoms with Gasteiger partial charge in [0.15, 0.2) is 11.6 Å². The van der Waals surface area contributed by atoms with Crippen molar-refractivity contribution in [2.24, 2.45) is 11.8 Å². The number of benzene rings is 1. The molecular formula is C68H96BrN9O15. The van der Waals surface area contributed by atoms with E-state index in [1.165, 1.54) is 72.5 Å². The fraction of sp³-hybridized carbons (Fsp3) is 0.632.